The molecule has 1 aliphatic carbocycles. The highest BCUT2D eigenvalue weighted by Gasteiger charge is 2.39. The van der Waals surface area contributed by atoms with E-state index in [0.29, 0.717) is 6.42 Å². The molecule has 0 saturated carbocycles. The van der Waals surface area contributed by atoms with E-state index < -0.39 is 15.3 Å². The Labute approximate surface area is 108 Å². The first-order chi connectivity index (χ1) is 8.53. The molecule has 1 aliphatic rings. The van der Waals surface area contributed by atoms with Gasteiger partial charge in [-0.1, -0.05) is 31.2 Å². The first-order valence-corrected chi connectivity index (χ1v) is 8.05. The van der Waals surface area contributed by atoms with Crippen LogP contribution in [-0.4, -0.2) is 19.9 Å². The molecule has 0 spiro atoms. The second-order valence-electron chi connectivity index (χ2n) is 4.84. The molecule has 0 heterocycles. The molecule has 0 fully saturated rings. The van der Waals surface area contributed by atoms with Crippen molar-refractivity contribution in [3.8, 4) is 6.07 Å². The summed E-state index contributed by atoms with van der Waals surface area (Å²) in [5.74, 6) is 0.252. The lowest BCUT2D eigenvalue weighted by atomic mass is 9.81. The van der Waals surface area contributed by atoms with Crippen LogP contribution in [0.2, 0.25) is 0 Å². The molecule has 3 nitrogen and oxygen atoms in total. The number of rotatable bonds is 4. The van der Waals surface area contributed by atoms with Gasteiger partial charge in [-0.2, -0.15) is 5.26 Å². The molecule has 0 N–H and O–H groups in total. The zero-order valence-corrected chi connectivity index (χ0v) is 11.3. The summed E-state index contributed by atoms with van der Waals surface area (Å²) in [5.41, 5.74) is 1.62. The Balaban J connectivity index is 2.28. The normalized spacial score (nSPS) is 22.4. The fourth-order valence-electron chi connectivity index (χ4n) is 2.59. The fraction of sp³-hybridized carbons (Fsp3) is 0.500. The molecule has 1 aromatic carbocycles. The molecule has 1 atom stereocenters. The van der Waals surface area contributed by atoms with Crippen LogP contribution in [0.4, 0.5) is 0 Å². The van der Waals surface area contributed by atoms with Crippen molar-refractivity contribution in [3.63, 3.8) is 0 Å². The molecular formula is C14H17NO2S. The van der Waals surface area contributed by atoms with Crippen LogP contribution in [0.5, 0.6) is 0 Å². The van der Waals surface area contributed by atoms with Gasteiger partial charge in [0.05, 0.1) is 17.2 Å². The summed E-state index contributed by atoms with van der Waals surface area (Å²) < 4.78 is 23.2. The third kappa shape index (κ3) is 2.28. The van der Waals surface area contributed by atoms with Gasteiger partial charge < -0.3 is 0 Å². The monoisotopic (exact) mass is 263 g/mol. The third-order valence-electron chi connectivity index (χ3n) is 3.85. The molecule has 0 amide bonds. The van der Waals surface area contributed by atoms with E-state index >= 15 is 0 Å². The van der Waals surface area contributed by atoms with Crippen molar-refractivity contribution in [2.45, 2.75) is 31.6 Å². The maximum absolute atomic E-state index is 11.6. The number of fused-ring (bicyclic) bond motifs is 1. The molecule has 0 saturated heterocycles. The predicted octanol–water partition coefficient (Wildman–Crippen LogP) is 2.22. The van der Waals surface area contributed by atoms with Crippen LogP contribution < -0.4 is 0 Å². The molecule has 18 heavy (non-hydrogen) atoms. The SMILES string of the molecule is CCS(=O)(=O)CCC1(C#N)CCc2ccccc21. The van der Waals surface area contributed by atoms with E-state index in [4.69, 9.17) is 0 Å². The van der Waals surface area contributed by atoms with Crippen LogP contribution in [0.3, 0.4) is 0 Å². The van der Waals surface area contributed by atoms with E-state index in [0.717, 1.165) is 18.4 Å². The van der Waals surface area contributed by atoms with Crippen LogP contribution in [-0.2, 0) is 21.7 Å². The Morgan fingerprint density at radius 2 is 2.11 bits per heavy atom. The van der Waals surface area contributed by atoms with Gasteiger partial charge in [0.25, 0.3) is 0 Å². The quantitative estimate of drug-likeness (QED) is 0.837. The van der Waals surface area contributed by atoms with Gasteiger partial charge in [0.15, 0.2) is 0 Å². The average molecular weight is 263 g/mol. The first-order valence-electron chi connectivity index (χ1n) is 6.23. The smallest absolute Gasteiger partial charge is 0.150 e. The van der Waals surface area contributed by atoms with Crippen LogP contribution >= 0.6 is 0 Å². The Kier molecular flexibility index (Phi) is 3.45. The lowest BCUT2D eigenvalue weighted by Gasteiger charge is -2.21. The highest BCUT2D eigenvalue weighted by Crippen LogP contribution is 2.41. The first kappa shape index (κ1) is 13.1. The highest BCUT2D eigenvalue weighted by molar-refractivity contribution is 7.91. The summed E-state index contributed by atoms with van der Waals surface area (Å²) in [5, 5.41) is 9.49. The molecule has 0 aromatic heterocycles. The van der Waals surface area contributed by atoms with E-state index in [1.165, 1.54) is 5.56 Å². The van der Waals surface area contributed by atoms with Crippen molar-refractivity contribution in [2.75, 3.05) is 11.5 Å². The maximum Gasteiger partial charge on any atom is 0.150 e. The Hall–Kier alpha value is -1.34. The molecule has 4 heteroatoms. The van der Waals surface area contributed by atoms with Crippen molar-refractivity contribution in [2.24, 2.45) is 0 Å². The highest BCUT2D eigenvalue weighted by atomic mass is 32.2. The van der Waals surface area contributed by atoms with Gasteiger partial charge >= 0.3 is 0 Å². The number of benzene rings is 1. The van der Waals surface area contributed by atoms with E-state index in [-0.39, 0.29) is 11.5 Å². The molecule has 1 aromatic rings. The lowest BCUT2D eigenvalue weighted by Crippen LogP contribution is -2.25. The topological polar surface area (TPSA) is 57.9 Å². The molecule has 0 aliphatic heterocycles. The minimum Gasteiger partial charge on any atom is -0.229 e. The average Bonchev–Trinajstić information content (AvgIpc) is 2.76. The lowest BCUT2D eigenvalue weighted by molar-refractivity contribution is 0.517. The Morgan fingerprint density at radius 3 is 2.78 bits per heavy atom. The zero-order valence-electron chi connectivity index (χ0n) is 10.5. The Morgan fingerprint density at radius 1 is 1.39 bits per heavy atom. The van der Waals surface area contributed by atoms with Crippen molar-refractivity contribution in [1.29, 1.82) is 5.26 Å². The van der Waals surface area contributed by atoms with Crippen LogP contribution in [0.15, 0.2) is 24.3 Å². The van der Waals surface area contributed by atoms with Gasteiger partial charge in [0.2, 0.25) is 0 Å². The van der Waals surface area contributed by atoms with Crippen molar-refractivity contribution in [1.82, 2.24) is 0 Å². The zero-order chi connectivity index (χ0) is 13.2. The summed E-state index contributed by atoms with van der Waals surface area (Å²) in [4.78, 5) is 0. The summed E-state index contributed by atoms with van der Waals surface area (Å²) in [6.07, 6.45) is 2.02. The van der Waals surface area contributed by atoms with Crippen molar-refractivity contribution in [3.05, 3.63) is 35.4 Å². The van der Waals surface area contributed by atoms with E-state index in [9.17, 15) is 13.7 Å². The second-order valence-corrected chi connectivity index (χ2v) is 7.31. The molecule has 96 valence electrons. The molecule has 1 unspecified atom stereocenters. The number of hydrogen-bond acceptors (Lipinski definition) is 3. The number of sulfone groups is 1. The summed E-state index contributed by atoms with van der Waals surface area (Å²) in [6.45, 7) is 1.65. The van der Waals surface area contributed by atoms with Gasteiger partial charge in [-0.25, -0.2) is 8.42 Å². The van der Waals surface area contributed by atoms with Gasteiger partial charge in [-0.3, -0.25) is 0 Å². The maximum atomic E-state index is 11.6. The minimum absolute atomic E-state index is 0.103. The predicted molar refractivity (Wildman–Crippen MR) is 71.0 cm³/mol. The van der Waals surface area contributed by atoms with Crippen molar-refractivity contribution >= 4 is 9.84 Å². The Bertz CT molecular complexity index is 586. The van der Waals surface area contributed by atoms with E-state index in [2.05, 4.69) is 6.07 Å². The summed E-state index contributed by atoms with van der Waals surface area (Å²) in [6, 6.07) is 10.2. The van der Waals surface area contributed by atoms with Gasteiger partial charge in [0, 0.05) is 5.75 Å². The van der Waals surface area contributed by atoms with E-state index in [1.807, 2.05) is 24.3 Å². The molecule has 0 bridgehead atoms. The van der Waals surface area contributed by atoms with Crippen molar-refractivity contribution < 1.29 is 8.42 Å². The number of hydrogen-bond donors (Lipinski definition) is 0. The summed E-state index contributed by atoms with van der Waals surface area (Å²) >= 11 is 0. The van der Waals surface area contributed by atoms with Gasteiger partial charge in [-0.15, -0.1) is 0 Å². The number of nitrogens with zero attached hydrogens (tertiary/aromatic N) is 1. The van der Waals surface area contributed by atoms with E-state index in [1.54, 1.807) is 6.92 Å². The number of nitriles is 1. The molecular weight excluding hydrogens is 246 g/mol. The van der Waals surface area contributed by atoms with Crippen LogP contribution in [0, 0.1) is 11.3 Å². The fourth-order valence-corrected chi connectivity index (χ4v) is 3.54. The van der Waals surface area contributed by atoms with Gasteiger partial charge in [-0.05, 0) is 30.4 Å². The largest absolute Gasteiger partial charge is 0.229 e. The molecule has 2 rings (SSSR count). The second kappa shape index (κ2) is 4.74. The van der Waals surface area contributed by atoms with Gasteiger partial charge in [0.1, 0.15) is 9.84 Å². The minimum atomic E-state index is -3.01. The standard InChI is InChI=1S/C14H17NO2S/c1-2-18(16,17)10-9-14(11-15)8-7-12-5-3-4-6-13(12)14/h3-6H,2,7-10H2,1H3. The summed E-state index contributed by atoms with van der Waals surface area (Å²) in [7, 11) is -3.01. The molecule has 0 radical (unpaired) electrons. The number of aryl methyl sites for hydroxylation is 1. The third-order valence-corrected chi connectivity index (χ3v) is 5.55. The van der Waals surface area contributed by atoms with Crippen LogP contribution in [0.1, 0.15) is 30.9 Å². The van der Waals surface area contributed by atoms with Crippen LogP contribution in [0.25, 0.3) is 0 Å².